The Labute approximate surface area is 130 Å². The van der Waals surface area contributed by atoms with Crippen LogP contribution in [-0.4, -0.2) is 25.4 Å². The second kappa shape index (κ2) is 6.02. The van der Waals surface area contributed by atoms with Gasteiger partial charge in [0, 0.05) is 0 Å². The van der Waals surface area contributed by atoms with E-state index in [4.69, 9.17) is 0 Å². The summed E-state index contributed by atoms with van der Waals surface area (Å²) < 4.78 is 50.1. The van der Waals surface area contributed by atoms with Crippen LogP contribution in [0.1, 0.15) is 5.56 Å². The van der Waals surface area contributed by atoms with E-state index in [1.807, 2.05) is 30.3 Å². The van der Waals surface area contributed by atoms with E-state index in [1.54, 1.807) is 18.2 Å². The van der Waals surface area contributed by atoms with Gasteiger partial charge in [0.15, 0.2) is 0 Å². The summed E-state index contributed by atoms with van der Waals surface area (Å²) in [6.07, 6.45) is 0. The summed E-state index contributed by atoms with van der Waals surface area (Å²) in [5.74, 6) is 0. The van der Waals surface area contributed by atoms with Crippen molar-refractivity contribution < 1.29 is 16.5 Å². The van der Waals surface area contributed by atoms with Crippen molar-refractivity contribution in [3.8, 4) is 0 Å². The van der Waals surface area contributed by atoms with Gasteiger partial charge in [0.1, 0.15) is 0 Å². The van der Waals surface area contributed by atoms with Crippen LogP contribution in [0.2, 0.25) is 0 Å². The van der Waals surface area contributed by atoms with E-state index in [0.717, 1.165) is 5.56 Å². The molecule has 2 aromatic rings. The van der Waals surface area contributed by atoms with Crippen LogP contribution >= 0.6 is 0 Å². The number of nitrogens with zero attached hydrogens (tertiary/aromatic N) is 2. The number of rotatable bonds is 4. The third-order valence-corrected chi connectivity index (χ3v) is 5.49. The minimum atomic E-state index is -3.92. The Hall–Kier alpha value is -1.98. The SMILES string of the molecule is O=[SeH](=O)C1N(Cc2ccccc2)c2ccccc2N1C(F)F. The number of para-hydroxylation sites is 2. The van der Waals surface area contributed by atoms with Crippen LogP contribution < -0.4 is 9.80 Å². The van der Waals surface area contributed by atoms with E-state index >= 15 is 0 Å². The summed E-state index contributed by atoms with van der Waals surface area (Å²) in [5.41, 5.74) is 1.64. The number of benzene rings is 2. The molecule has 0 aromatic heterocycles. The molecule has 0 aliphatic carbocycles. The van der Waals surface area contributed by atoms with Crippen LogP contribution in [0.25, 0.3) is 0 Å². The molecule has 0 amide bonds. The van der Waals surface area contributed by atoms with Crippen molar-refractivity contribution in [2.45, 2.75) is 18.2 Å². The molecule has 0 spiro atoms. The van der Waals surface area contributed by atoms with Crippen molar-refractivity contribution in [1.29, 1.82) is 0 Å². The van der Waals surface area contributed by atoms with Crippen LogP contribution in [0.15, 0.2) is 54.6 Å². The standard InChI is InChI=1S/C15H14F2N2O2Se/c16-14(17)19-13-9-5-4-8-12(13)18(15(19)22(20)21)10-11-6-2-1-3-7-11/h1-9,14-15,22H,10H2. The monoisotopic (exact) mass is 372 g/mol. The Morgan fingerprint density at radius 1 is 0.955 bits per heavy atom. The van der Waals surface area contributed by atoms with Crippen molar-refractivity contribution in [2.24, 2.45) is 0 Å². The number of halogens is 2. The molecule has 7 heteroatoms. The molecule has 0 bridgehead atoms. The number of fused-ring (bicyclic) bond motifs is 1. The van der Waals surface area contributed by atoms with Crippen molar-refractivity contribution in [1.82, 2.24) is 0 Å². The van der Waals surface area contributed by atoms with Crippen molar-refractivity contribution in [3.63, 3.8) is 0 Å². The van der Waals surface area contributed by atoms with Crippen LogP contribution in [0.5, 0.6) is 0 Å². The Morgan fingerprint density at radius 3 is 2.14 bits per heavy atom. The third kappa shape index (κ3) is 2.58. The maximum atomic E-state index is 13.4. The van der Waals surface area contributed by atoms with E-state index in [2.05, 4.69) is 0 Å². The molecule has 1 aliphatic heterocycles. The number of anilines is 2. The van der Waals surface area contributed by atoms with Gasteiger partial charge in [-0.1, -0.05) is 0 Å². The first kappa shape index (κ1) is 14.9. The van der Waals surface area contributed by atoms with E-state index in [9.17, 15) is 16.5 Å². The summed E-state index contributed by atoms with van der Waals surface area (Å²) in [6.45, 7) is -2.60. The molecule has 1 atom stereocenters. The van der Waals surface area contributed by atoms with Crippen molar-refractivity contribution in [3.05, 3.63) is 60.2 Å². The van der Waals surface area contributed by atoms with Crippen LogP contribution in [-0.2, 0) is 14.2 Å². The average molecular weight is 371 g/mol. The first-order valence-electron chi connectivity index (χ1n) is 6.69. The Balaban J connectivity index is 2.06. The van der Waals surface area contributed by atoms with Gasteiger partial charge in [-0.3, -0.25) is 0 Å². The van der Waals surface area contributed by atoms with Gasteiger partial charge in [0.25, 0.3) is 0 Å². The summed E-state index contributed by atoms with van der Waals surface area (Å²) in [6, 6.07) is 15.8. The van der Waals surface area contributed by atoms with Gasteiger partial charge in [0.2, 0.25) is 0 Å². The molecule has 116 valence electrons. The number of hydrogen-bond acceptors (Lipinski definition) is 4. The summed E-state index contributed by atoms with van der Waals surface area (Å²) in [4.78, 5) is 2.20. The second-order valence-electron chi connectivity index (χ2n) is 4.92. The van der Waals surface area contributed by atoms with E-state index in [1.165, 1.54) is 11.0 Å². The van der Waals surface area contributed by atoms with Crippen molar-refractivity contribution >= 4 is 25.1 Å². The Kier molecular flexibility index (Phi) is 4.09. The molecular formula is C15H14F2N2O2Se. The molecule has 4 nitrogen and oxygen atoms in total. The molecule has 0 saturated carbocycles. The number of hydrogen-bond donors (Lipinski definition) is 0. The molecule has 0 N–H and O–H groups in total. The maximum absolute atomic E-state index is 13.4. The van der Waals surface area contributed by atoms with Gasteiger partial charge in [-0.15, -0.1) is 0 Å². The van der Waals surface area contributed by atoms with Gasteiger partial charge >= 0.3 is 130 Å². The molecule has 0 radical (unpaired) electrons. The average Bonchev–Trinajstić information content (AvgIpc) is 2.83. The fourth-order valence-corrected chi connectivity index (χ4v) is 4.50. The zero-order valence-electron chi connectivity index (χ0n) is 11.5. The first-order chi connectivity index (χ1) is 10.6. The Morgan fingerprint density at radius 2 is 1.55 bits per heavy atom. The predicted molar refractivity (Wildman–Crippen MR) is 79.9 cm³/mol. The van der Waals surface area contributed by atoms with Crippen LogP contribution in [0.4, 0.5) is 20.2 Å². The predicted octanol–water partition coefficient (Wildman–Crippen LogP) is 2.68. The van der Waals surface area contributed by atoms with Gasteiger partial charge in [-0.05, 0) is 0 Å². The molecule has 0 saturated heterocycles. The summed E-state index contributed by atoms with van der Waals surface area (Å²) in [5, 5.41) is -1.30. The molecule has 1 unspecified atom stereocenters. The normalized spacial score (nSPS) is 17.4. The van der Waals surface area contributed by atoms with Crippen molar-refractivity contribution in [2.75, 3.05) is 9.80 Å². The fraction of sp³-hybridized carbons (Fsp3) is 0.200. The molecule has 2 aromatic carbocycles. The topological polar surface area (TPSA) is 40.6 Å². The molecule has 3 rings (SSSR count). The third-order valence-electron chi connectivity index (χ3n) is 3.59. The van der Waals surface area contributed by atoms with E-state index < -0.39 is 25.4 Å². The van der Waals surface area contributed by atoms with Gasteiger partial charge in [-0.25, -0.2) is 0 Å². The summed E-state index contributed by atoms with van der Waals surface area (Å²) >= 11 is -3.92. The van der Waals surface area contributed by atoms with Gasteiger partial charge in [-0.2, -0.15) is 0 Å². The van der Waals surface area contributed by atoms with Gasteiger partial charge < -0.3 is 0 Å². The second-order valence-corrected chi connectivity index (χ2v) is 7.09. The fourth-order valence-electron chi connectivity index (χ4n) is 2.69. The van der Waals surface area contributed by atoms with Crippen LogP contribution in [0, 0.1) is 0 Å². The van der Waals surface area contributed by atoms with E-state index in [-0.39, 0.29) is 12.2 Å². The zero-order chi connectivity index (χ0) is 15.7. The molecule has 0 fully saturated rings. The molecule has 1 heterocycles. The summed E-state index contributed by atoms with van der Waals surface area (Å²) in [7, 11) is 0. The Bertz CT molecular complexity index is 729. The number of alkyl halides is 2. The quantitative estimate of drug-likeness (QED) is 0.612. The van der Waals surface area contributed by atoms with Gasteiger partial charge in [0.05, 0.1) is 0 Å². The molecule has 1 aliphatic rings. The first-order valence-corrected chi connectivity index (χ1v) is 9.31. The molecular weight excluding hydrogens is 357 g/mol. The zero-order valence-corrected chi connectivity index (χ0v) is 13.3. The molecule has 22 heavy (non-hydrogen) atoms. The van der Waals surface area contributed by atoms with Crippen LogP contribution in [0.3, 0.4) is 0 Å². The van der Waals surface area contributed by atoms with E-state index in [0.29, 0.717) is 10.6 Å². The minimum absolute atomic E-state index is 0.254.